The summed E-state index contributed by atoms with van der Waals surface area (Å²) in [5.74, 6) is 0.378. The number of hydrogen-bond donors (Lipinski definition) is 1. The van der Waals surface area contributed by atoms with Crippen LogP contribution in [0.5, 0.6) is 0 Å². The molecule has 0 heterocycles. The molecule has 0 bridgehead atoms. The van der Waals surface area contributed by atoms with E-state index >= 15 is 0 Å². The van der Waals surface area contributed by atoms with Crippen LogP contribution in [0.25, 0.3) is 12.2 Å². The van der Waals surface area contributed by atoms with Crippen LogP contribution in [0.15, 0.2) is 36.4 Å². The molecule has 1 aromatic rings. The first kappa shape index (κ1) is 12.6. The topological polar surface area (TPSA) is 26.3 Å². The highest BCUT2D eigenvalue weighted by Gasteiger charge is 1.92. The van der Waals surface area contributed by atoms with Crippen LogP contribution in [0.2, 0.25) is 0 Å². The molecule has 16 heavy (non-hydrogen) atoms. The van der Waals surface area contributed by atoms with Crippen LogP contribution in [0.1, 0.15) is 11.1 Å². The van der Waals surface area contributed by atoms with E-state index in [0.717, 1.165) is 16.9 Å². The van der Waals surface area contributed by atoms with Crippen molar-refractivity contribution in [2.75, 3.05) is 12.9 Å². The van der Waals surface area contributed by atoms with Crippen LogP contribution in [-0.4, -0.2) is 18.8 Å². The van der Waals surface area contributed by atoms with Gasteiger partial charge in [0.2, 0.25) is 0 Å². The van der Waals surface area contributed by atoms with Gasteiger partial charge in [0.25, 0.3) is 0 Å². The van der Waals surface area contributed by atoms with E-state index in [4.69, 9.17) is 0 Å². The molecule has 0 amide bonds. The molecule has 0 saturated heterocycles. The van der Waals surface area contributed by atoms with E-state index in [2.05, 4.69) is 17.4 Å². The monoisotopic (exact) mass is 234 g/mol. The van der Waals surface area contributed by atoms with Crippen molar-refractivity contribution in [2.45, 2.75) is 0 Å². The average Bonchev–Trinajstić information content (AvgIpc) is 2.34. The molecule has 0 atom stereocenters. The van der Waals surface area contributed by atoms with E-state index in [1.165, 1.54) is 13.2 Å². The summed E-state index contributed by atoms with van der Waals surface area (Å²) in [6.45, 7) is 0. The first-order valence-electron chi connectivity index (χ1n) is 4.90. The maximum atomic E-state index is 10.9. The Bertz CT molecular complexity index is 391. The van der Waals surface area contributed by atoms with Crippen molar-refractivity contribution in [3.8, 4) is 0 Å². The number of esters is 1. The number of carbonyl (C=O) groups excluding carboxylic acids is 1. The highest BCUT2D eigenvalue weighted by atomic mass is 32.1. The lowest BCUT2D eigenvalue weighted by molar-refractivity contribution is -0.134. The minimum atomic E-state index is -0.348. The lowest BCUT2D eigenvalue weighted by Crippen LogP contribution is -1.93. The highest BCUT2D eigenvalue weighted by molar-refractivity contribution is 7.80. The van der Waals surface area contributed by atoms with Gasteiger partial charge >= 0.3 is 5.97 Å². The van der Waals surface area contributed by atoms with Crippen LogP contribution in [0.3, 0.4) is 0 Å². The van der Waals surface area contributed by atoms with E-state index in [9.17, 15) is 4.79 Å². The second-order valence-corrected chi connectivity index (χ2v) is 3.47. The molecule has 0 aliphatic rings. The van der Waals surface area contributed by atoms with Crippen molar-refractivity contribution in [2.24, 2.45) is 0 Å². The number of ether oxygens (including phenoxy) is 1. The number of hydrogen-bond acceptors (Lipinski definition) is 3. The molecule has 0 fully saturated rings. The number of methoxy groups -OCH3 is 1. The predicted molar refractivity (Wildman–Crippen MR) is 70.4 cm³/mol. The first-order chi connectivity index (χ1) is 7.76. The molecule has 0 aliphatic carbocycles. The fourth-order valence-corrected chi connectivity index (χ4v) is 1.24. The Morgan fingerprint density at radius 1 is 1.25 bits per heavy atom. The third-order valence-electron chi connectivity index (χ3n) is 1.97. The Morgan fingerprint density at radius 2 is 1.81 bits per heavy atom. The Kier molecular flexibility index (Phi) is 5.43. The summed E-state index contributed by atoms with van der Waals surface area (Å²) < 4.78 is 4.50. The second kappa shape index (κ2) is 6.90. The molecule has 0 aromatic heterocycles. The quantitative estimate of drug-likeness (QED) is 0.492. The molecule has 1 aromatic carbocycles. The number of thiol groups is 1. The number of benzene rings is 1. The maximum absolute atomic E-state index is 10.9. The summed E-state index contributed by atoms with van der Waals surface area (Å²) in [6, 6.07) is 7.85. The van der Waals surface area contributed by atoms with E-state index in [-0.39, 0.29) is 5.97 Å². The molecule has 0 spiro atoms. The minimum absolute atomic E-state index is 0.348. The SMILES string of the molecule is COC(=O)/C=C/c1ccc(C=CCS)cc1. The third kappa shape index (κ3) is 4.36. The van der Waals surface area contributed by atoms with Crippen molar-refractivity contribution in [3.05, 3.63) is 47.5 Å². The van der Waals surface area contributed by atoms with Crippen molar-refractivity contribution in [1.82, 2.24) is 0 Å². The molecule has 1 rings (SSSR count). The zero-order valence-electron chi connectivity index (χ0n) is 9.09. The summed E-state index contributed by atoms with van der Waals surface area (Å²) in [5.41, 5.74) is 2.08. The standard InChI is InChI=1S/C13H14O2S/c1-15-13(14)9-8-12-6-4-11(5-7-12)3-2-10-16/h2-9,16H,10H2,1H3/b3-2?,9-8+. The fraction of sp³-hybridized carbons (Fsp3) is 0.154. The van der Waals surface area contributed by atoms with Crippen LogP contribution in [-0.2, 0) is 9.53 Å². The Hall–Kier alpha value is -1.48. The maximum Gasteiger partial charge on any atom is 0.330 e. The first-order valence-corrected chi connectivity index (χ1v) is 5.53. The van der Waals surface area contributed by atoms with Gasteiger partial charge in [-0.25, -0.2) is 4.79 Å². The largest absolute Gasteiger partial charge is 0.466 e. The van der Waals surface area contributed by atoms with Crippen LogP contribution < -0.4 is 0 Å². The average molecular weight is 234 g/mol. The van der Waals surface area contributed by atoms with Gasteiger partial charge in [-0.1, -0.05) is 36.4 Å². The molecule has 0 saturated carbocycles. The molecule has 0 unspecified atom stereocenters. The Morgan fingerprint density at radius 3 is 2.31 bits per heavy atom. The van der Waals surface area contributed by atoms with Gasteiger partial charge in [-0.05, 0) is 17.2 Å². The number of carbonyl (C=O) groups is 1. The fourth-order valence-electron chi connectivity index (χ4n) is 1.14. The Balaban J connectivity index is 2.68. The molecule has 2 nitrogen and oxygen atoms in total. The van der Waals surface area contributed by atoms with Gasteiger partial charge in [0.15, 0.2) is 0 Å². The summed E-state index contributed by atoms with van der Waals surface area (Å²) >= 11 is 4.09. The third-order valence-corrected chi connectivity index (χ3v) is 2.18. The van der Waals surface area contributed by atoms with Gasteiger partial charge < -0.3 is 4.74 Å². The molecular formula is C13H14O2S. The summed E-state index contributed by atoms with van der Waals surface area (Å²) in [7, 11) is 1.36. The molecule has 84 valence electrons. The summed E-state index contributed by atoms with van der Waals surface area (Å²) in [6.07, 6.45) is 7.10. The van der Waals surface area contributed by atoms with Crippen molar-refractivity contribution >= 4 is 30.8 Å². The Labute approximate surface area is 101 Å². The van der Waals surface area contributed by atoms with Crippen molar-refractivity contribution < 1.29 is 9.53 Å². The smallest absolute Gasteiger partial charge is 0.330 e. The zero-order valence-corrected chi connectivity index (χ0v) is 9.98. The van der Waals surface area contributed by atoms with E-state index < -0.39 is 0 Å². The summed E-state index contributed by atoms with van der Waals surface area (Å²) in [4.78, 5) is 10.9. The van der Waals surface area contributed by atoms with Crippen LogP contribution in [0.4, 0.5) is 0 Å². The molecule has 0 aliphatic heterocycles. The second-order valence-electron chi connectivity index (χ2n) is 3.11. The van der Waals surface area contributed by atoms with Crippen LogP contribution >= 0.6 is 12.6 Å². The predicted octanol–water partition coefficient (Wildman–Crippen LogP) is 2.82. The normalized spacial score (nSPS) is 11.1. The lowest BCUT2D eigenvalue weighted by atomic mass is 10.1. The van der Waals surface area contributed by atoms with Gasteiger partial charge in [0.1, 0.15) is 0 Å². The van der Waals surface area contributed by atoms with Gasteiger partial charge in [0.05, 0.1) is 7.11 Å². The van der Waals surface area contributed by atoms with Crippen molar-refractivity contribution in [1.29, 1.82) is 0 Å². The van der Waals surface area contributed by atoms with Gasteiger partial charge in [-0.3, -0.25) is 0 Å². The van der Waals surface area contributed by atoms with Crippen LogP contribution in [0, 0.1) is 0 Å². The van der Waals surface area contributed by atoms with E-state index in [0.29, 0.717) is 0 Å². The molecular weight excluding hydrogens is 220 g/mol. The van der Waals surface area contributed by atoms with Crippen molar-refractivity contribution in [3.63, 3.8) is 0 Å². The molecule has 3 heteroatoms. The highest BCUT2D eigenvalue weighted by Crippen LogP contribution is 2.08. The van der Waals surface area contributed by atoms with E-state index in [1.54, 1.807) is 6.08 Å². The van der Waals surface area contributed by atoms with E-state index in [1.807, 2.05) is 36.4 Å². The zero-order chi connectivity index (χ0) is 11.8. The molecule has 0 radical (unpaired) electrons. The van der Waals surface area contributed by atoms with Gasteiger partial charge in [0, 0.05) is 11.8 Å². The minimum Gasteiger partial charge on any atom is -0.466 e. The van der Waals surface area contributed by atoms with Gasteiger partial charge in [-0.2, -0.15) is 12.6 Å². The molecule has 0 N–H and O–H groups in total. The summed E-state index contributed by atoms with van der Waals surface area (Å²) in [5, 5.41) is 0. The van der Waals surface area contributed by atoms with Gasteiger partial charge in [-0.15, -0.1) is 0 Å². The lowest BCUT2D eigenvalue weighted by Gasteiger charge is -1.95. The number of rotatable bonds is 4.